The molecule has 0 bridgehead atoms. The van der Waals surface area contributed by atoms with Crippen molar-refractivity contribution in [2.45, 2.75) is 0 Å². The third kappa shape index (κ3) is 3.25. The molecular weight excluding hydrogens is 386 g/mol. The highest BCUT2D eigenvalue weighted by molar-refractivity contribution is 6.34. The van der Waals surface area contributed by atoms with Gasteiger partial charge >= 0.3 is 5.97 Å². The van der Waals surface area contributed by atoms with Crippen molar-refractivity contribution in [3.8, 4) is 34.1 Å². The second-order valence-electron chi connectivity index (χ2n) is 5.75. The summed E-state index contributed by atoms with van der Waals surface area (Å²) in [6.45, 7) is 0. The van der Waals surface area contributed by atoms with Crippen molar-refractivity contribution in [1.29, 1.82) is 0 Å². The summed E-state index contributed by atoms with van der Waals surface area (Å²) < 4.78 is 21.3. The quantitative estimate of drug-likeness (QED) is 0.614. The zero-order chi connectivity index (χ0) is 20.4. The lowest BCUT2D eigenvalue weighted by atomic mass is 9.95. The normalized spacial score (nSPS) is 10.6. The number of aromatic nitrogens is 1. The zero-order valence-electron chi connectivity index (χ0n) is 15.7. The number of fused-ring (bicyclic) bond motifs is 1. The Morgan fingerprint density at radius 1 is 0.893 bits per heavy atom. The highest BCUT2D eigenvalue weighted by atomic mass is 35.5. The molecule has 0 spiro atoms. The van der Waals surface area contributed by atoms with Crippen LogP contribution in [0.25, 0.3) is 22.0 Å². The molecule has 2 aromatic carbocycles. The van der Waals surface area contributed by atoms with Crippen LogP contribution in [0.3, 0.4) is 0 Å². The molecule has 0 amide bonds. The van der Waals surface area contributed by atoms with E-state index in [1.165, 1.54) is 28.4 Å². The van der Waals surface area contributed by atoms with Gasteiger partial charge in [0.15, 0.2) is 23.0 Å². The molecular formula is C20H18ClNO6. The standard InChI is InChI=1S/C20H18ClNO6/c1-25-13-6-5-10(7-14(13)26-2)17-11-8-15(27-3)16(28-4)9-12(11)22-19(21)18(17)20(23)24/h5-9H,1-4H3,(H,23,24). The monoisotopic (exact) mass is 403 g/mol. The van der Waals surface area contributed by atoms with Gasteiger partial charge in [-0.05, 0) is 23.8 Å². The van der Waals surface area contributed by atoms with Gasteiger partial charge in [-0.1, -0.05) is 17.7 Å². The molecule has 0 saturated heterocycles. The molecule has 0 unspecified atom stereocenters. The first-order chi connectivity index (χ1) is 13.4. The van der Waals surface area contributed by atoms with E-state index in [9.17, 15) is 9.90 Å². The minimum absolute atomic E-state index is 0.117. The molecule has 8 heteroatoms. The van der Waals surface area contributed by atoms with Gasteiger partial charge in [0.25, 0.3) is 0 Å². The number of nitrogens with zero attached hydrogens (tertiary/aromatic N) is 1. The van der Waals surface area contributed by atoms with Crippen LogP contribution in [0.4, 0.5) is 0 Å². The zero-order valence-corrected chi connectivity index (χ0v) is 16.5. The topological polar surface area (TPSA) is 87.1 Å². The fourth-order valence-electron chi connectivity index (χ4n) is 3.05. The van der Waals surface area contributed by atoms with E-state index in [0.29, 0.717) is 45.0 Å². The summed E-state index contributed by atoms with van der Waals surface area (Å²) in [6.07, 6.45) is 0. The van der Waals surface area contributed by atoms with E-state index in [4.69, 9.17) is 30.5 Å². The van der Waals surface area contributed by atoms with E-state index in [0.717, 1.165) is 0 Å². The van der Waals surface area contributed by atoms with Gasteiger partial charge in [-0.15, -0.1) is 0 Å². The van der Waals surface area contributed by atoms with E-state index < -0.39 is 5.97 Å². The fourth-order valence-corrected chi connectivity index (χ4v) is 3.31. The van der Waals surface area contributed by atoms with Crippen LogP contribution in [0.1, 0.15) is 10.4 Å². The number of rotatable bonds is 6. The number of carbonyl (C=O) groups is 1. The predicted molar refractivity (Wildman–Crippen MR) is 105 cm³/mol. The van der Waals surface area contributed by atoms with Gasteiger partial charge in [-0.2, -0.15) is 0 Å². The number of hydrogen-bond acceptors (Lipinski definition) is 6. The lowest BCUT2D eigenvalue weighted by molar-refractivity contribution is 0.0697. The Morgan fingerprint density at radius 3 is 2.04 bits per heavy atom. The predicted octanol–water partition coefficient (Wildman–Crippen LogP) is 4.29. The first kappa shape index (κ1) is 19.6. The van der Waals surface area contributed by atoms with Gasteiger partial charge in [0.2, 0.25) is 0 Å². The van der Waals surface area contributed by atoms with Crippen LogP contribution in [-0.4, -0.2) is 44.5 Å². The Hall–Kier alpha value is -3.19. The summed E-state index contributed by atoms with van der Waals surface area (Å²) in [5, 5.41) is 10.2. The number of ether oxygens (including phenoxy) is 4. The third-order valence-corrected chi connectivity index (χ3v) is 4.61. The summed E-state index contributed by atoms with van der Waals surface area (Å²) in [6, 6.07) is 8.44. The minimum Gasteiger partial charge on any atom is -0.493 e. The van der Waals surface area contributed by atoms with Crippen molar-refractivity contribution in [3.63, 3.8) is 0 Å². The van der Waals surface area contributed by atoms with E-state index in [-0.39, 0.29) is 10.7 Å². The van der Waals surface area contributed by atoms with Crippen LogP contribution in [-0.2, 0) is 0 Å². The lowest BCUT2D eigenvalue weighted by Crippen LogP contribution is -2.05. The van der Waals surface area contributed by atoms with Crippen molar-refractivity contribution >= 4 is 28.5 Å². The smallest absolute Gasteiger partial charge is 0.339 e. The van der Waals surface area contributed by atoms with Crippen molar-refractivity contribution in [2.24, 2.45) is 0 Å². The second-order valence-corrected chi connectivity index (χ2v) is 6.11. The number of pyridine rings is 1. The molecule has 0 radical (unpaired) electrons. The van der Waals surface area contributed by atoms with Crippen LogP contribution >= 0.6 is 11.6 Å². The first-order valence-electron chi connectivity index (χ1n) is 8.16. The van der Waals surface area contributed by atoms with Crippen LogP contribution < -0.4 is 18.9 Å². The molecule has 7 nitrogen and oxygen atoms in total. The Morgan fingerprint density at radius 2 is 1.46 bits per heavy atom. The van der Waals surface area contributed by atoms with Crippen molar-refractivity contribution in [2.75, 3.05) is 28.4 Å². The molecule has 146 valence electrons. The molecule has 0 atom stereocenters. The summed E-state index contributed by atoms with van der Waals surface area (Å²) in [4.78, 5) is 16.2. The molecule has 1 heterocycles. The number of benzene rings is 2. The maximum Gasteiger partial charge on any atom is 0.339 e. The summed E-state index contributed by atoms with van der Waals surface area (Å²) in [5.41, 5.74) is 1.33. The second kappa shape index (κ2) is 7.82. The molecule has 0 aliphatic heterocycles. The van der Waals surface area contributed by atoms with Crippen LogP contribution in [0, 0.1) is 0 Å². The maximum absolute atomic E-state index is 12.0. The SMILES string of the molecule is COc1ccc(-c2c(C(=O)O)c(Cl)nc3cc(OC)c(OC)cc23)cc1OC. The summed E-state index contributed by atoms with van der Waals surface area (Å²) >= 11 is 6.23. The Kier molecular flexibility index (Phi) is 5.46. The van der Waals surface area contributed by atoms with Crippen molar-refractivity contribution in [3.05, 3.63) is 41.0 Å². The Balaban J connectivity index is 2.44. The molecule has 0 aliphatic carbocycles. The number of hydrogen-bond donors (Lipinski definition) is 1. The average molecular weight is 404 g/mol. The molecule has 3 aromatic rings. The summed E-state index contributed by atoms with van der Waals surface area (Å²) in [7, 11) is 6.04. The number of carboxylic acid groups (broad SMARTS) is 1. The van der Waals surface area contributed by atoms with Crippen LogP contribution in [0.2, 0.25) is 5.15 Å². The highest BCUT2D eigenvalue weighted by Crippen LogP contribution is 2.42. The molecule has 0 saturated carbocycles. The average Bonchev–Trinajstić information content (AvgIpc) is 2.70. The maximum atomic E-state index is 12.0. The molecule has 0 aliphatic rings. The highest BCUT2D eigenvalue weighted by Gasteiger charge is 2.23. The van der Waals surface area contributed by atoms with Crippen molar-refractivity contribution < 1.29 is 28.8 Å². The van der Waals surface area contributed by atoms with Gasteiger partial charge < -0.3 is 24.1 Å². The van der Waals surface area contributed by atoms with Gasteiger partial charge in [0.1, 0.15) is 10.7 Å². The molecule has 3 rings (SSSR count). The molecule has 1 aromatic heterocycles. The van der Waals surface area contributed by atoms with Gasteiger partial charge in [0.05, 0.1) is 34.0 Å². The molecule has 28 heavy (non-hydrogen) atoms. The number of methoxy groups -OCH3 is 4. The number of carboxylic acids is 1. The number of aromatic carboxylic acids is 1. The lowest BCUT2D eigenvalue weighted by Gasteiger charge is -2.16. The van der Waals surface area contributed by atoms with E-state index >= 15 is 0 Å². The van der Waals surface area contributed by atoms with E-state index in [1.807, 2.05) is 0 Å². The van der Waals surface area contributed by atoms with Crippen LogP contribution in [0.15, 0.2) is 30.3 Å². The van der Waals surface area contributed by atoms with Gasteiger partial charge in [-0.3, -0.25) is 0 Å². The molecule has 0 fully saturated rings. The van der Waals surface area contributed by atoms with Crippen molar-refractivity contribution in [1.82, 2.24) is 4.98 Å². The van der Waals surface area contributed by atoms with E-state index in [2.05, 4.69) is 4.98 Å². The molecule has 1 N–H and O–H groups in total. The first-order valence-corrected chi connectivity index (χ1v) is 8.53. The fraction of sp³-hybridized carbons (Fsp3) is 0.200. The van der Waals surface area contributed by atoms with E-state index in [1.54, 1.807) is 30.3 Å². The van der Waals surface area contributed by atoms with Gasteiger partial charge in [0, 0.05) is 17.0 Å². The largest absolute Gasteiger partial charge is 0.493 e. The minimum atomic E-state index is -1.20. The third-order valence-electron chi connectivity index (χ3n) is 4.33. The number of halogens is 1. The van der Waals surface area contributed by atoms with Gasteiger partial charge in [-0.25, -0.2) is 9.78 Å². The Bertz CT molecular complexity index is 1070. The Labute approximate surface area is 166 Å². The summed E-state index contributed by atoms with van der Waals surface area (Å²) in [5.74, 6) is 0.681. The van der Waals surface area contributed by atoms with Crippen LogP contribution in [0.5, 0.6) is 23.0 Å².